The van der Waals surface area contributed by atoms with Gasteiger partial charge in [0.05, 0.1) is 16.7 Å². The molecule has 0 N–H and O–H groups in total. The van der Waals surface area contributed by atoms with Crippen LogP contribution in [0.1, 0.15) is 43.5 Å². The molecule has 2 atom stereocenters. The Morgan fingerprint density at radius 2 is 2.05 bits per heavy atom. The molecule has 1 fully saturated rings. The Hall–Kier alpha value is -0.730. The maximum atomic E-state index is 12.5. The smallest absolute Gasteiger partial charge is 0.167 e. The minimum absolute atomic E-state index is 0.0755. The van der Waals surface area contributed by atoms with Crippen molar-refractivity contribution in [2.24, 2.45) is 11.8 Å². The molecule has 2 rings (SSSR count). The molecule has 1 aliphatic carbocycles. The highest BCUT2D eigenvalue weighted by molar-refractivity contribution is 6.36. The summed E-state index contributed by atoms with van der Waals surface area (Å²) in [4.78, 5) is 12.5. The maximum Gasteiger partial charge on any atom is 0.167 e. The summed E-state index contributed by atoms with van der Waals surface area (Å²) < 4.78 is 5.37. The average molecular weight is 301 g/mol. The van der Waals surface area contributed by atoms with E-state index in [-0.39, 0.29) is 11.7 Å². The Morgan fingerprint density at radius 3 is 2.63 bits per heavy atom. The lowest BCUT2D eigenvalue weighted by Crippen LogP contribution is -2.17. The number of ether oxygens (including phenoxy) is 1. The standard InChI is InChI=1S/C15H18Cl2O2/c1-3-19-14-8-12(16)11(7-13(14)17)15(18)10-6-4-5-9(10)2/h7-10H,3-6H2,1-2H3. The van der Waals surface area contributed by atoms with Gasteiger partial charge in [-0.1, -0.05) is 36.5 Å². The second-order valence-electron chi connectivity index (χ2n) is 5.07. The van der Waals surface area contributed by atoms with Crippen molar-refractivity contribution in [3.05, 3.63) is 27.7 Å². The predicted octanol–water partition coefficient (Wildman–Crippen LogP) is 5.01. The third-order valence-electron chi connectivity index (χ3n) is 3.79. The third kappa shape index (κ3) is 3.06. The molecule has 1 saturated carbocycles. The number of carbonyl (C=O) groups is 1. The summed E-state index contributed by atoms with van der Waals surface area (Å²) in [7, 11) is 0. The Labute approximate surface area is 124 Å². The fourth-order valence-corrected chi connectivity index (χ4v) is 3.18. The lowest BCUT2D eigenvalue weighted by atomic mass is 9.89. The number of carbonyl (C=O) groups excluding carboxylic acids is 1. The van der Waals surface area contributed by atoms with Gasteiger partial charge in [0.1, 0.15) is 5.75 Å². The van der Waals surface area contributed by atoms with Gasteiger partial charge in [-0.3, -0.25) is 4.79 Å². The van der Waals surface area contributed by atoms with E-state index in [2.05, 4.69) is 6.92 Å². The van der Waals surface area contributed by atoms with Gasteiger partial charge in [0, 0.05) is 17.5 Å². The number of hydrogen-bond acceptors (Lipinski definition) is 2. The van der Waals surface area contributed by atoms with Gasteiger partial charge in [0.2, 0.25) is 0 Å². The van der Waals surface area contributed by atoms with Crippen LogP contribution in [0.3, 0.4) is 0 Å². The summed E-state index contributed by atoms with van der Waals surface area (Å²) in [5.74, 6) is 1.14. The normalized spacial score (nSPS) is 22.5. The van der Waals surface area contributed by atoms with E-state index < -0.39 is 0 Å². The zero-order valence-electron chi connectivity index (χ0n) is 11.2. The first-order valence-electron chi connectivity index (χ1n) is 6.70. The Morgan fingerprint density at radius 1 is 1.32 bits per heavy atom. The highest BCUT2D eigenvalue weighted by atomic mass is 35.5. The number of Topliss-reactive ketones (excluding diaryl/α,β-unsaturated/α-hetero) is 1. The molecule has 0 amide bonds. The number of hydrogen-bond donors (Lipinski definition) is 0. The van der Waals surface area contributed by atoms with Gasteiger partial charge in [-0.15, -0.1) is 0 Å². The summed E-state index contributed by atoms with van der Waals surface area (Å²) in [6, 6.07) is 3.28. The van der Waals surface area contributed by atoms with E-state index in [1.165, 1.54) is 0 Å². The van der Waals surface area contributed by atoms with Crippen molar-refractivity contribution in [2.75, 3.05) is 6.61 Å². The van der Waals surface area contributed by atoms with Crippen LogP contribution in [0.5, 0.6) is 5.75 Å². The summed E-state index contributed by atoms with van der Waals surface area (Å²) in [5.41, 5.74) is 0.522. The number of rotatable bonds is 4. The molecule has 0 aliphatic heterocycles. The third-order valence-corrected chi connectivity index (χ3v) is 4.39. The van der Waals surface area contributed by atoms with Gasteiger partial charge < -0.3 is 4.74 Å². The Balaban J connectivity index is 2.29. The molecule has 19 heavy (non-hydrogen) atoms. The number of benzene rings is 1. The van der Waals surface area contributed by atoms with Crippen LogP contribution in [0.15, 0.2) is 12.1 Å². The molecular formula is C15H18Cl2O2. The summed E-state index contributed by atoms with van der Waals surface area (Å²) >= 11 is 12.3. The largest absolute Gasteiger partial charge is 0.492 e. The molecular weight excluding hydrogens is 283 g/mol. The first-order valence-corrected chi connectivity index (χ1v) is 7.46. The molecule has 1 aromatic carbocycles. The Bertz CT molecular complexity index is 485. The zero-order chi connectivity index (χ0) is 14.0. The first kappa shape index (κ1) is 14.7. The quantitative estimate of drug-likeness (QED) is 0.731. The van der Waals surface area contributed by atoms with Crippen LogP contribution in [0.2, 0.25) is 10.0 Å². The molecule has 0 saturated heterocycles. The first-order chi connectivity index (χ1) is 9.04. The summed E-state index contributed by atoms with van der Waals surface area (Å²) in [5, 5.41) is 0.872. The van der Waals surface area contributed by atoms with Crippen LogP contribution >= 0.6 is 23.2 Å². The van der Waals surface area contributed by atoms with Gasteiger partial charge in [0.25, 0.3) is 0 Å². The molecule has 4 heteroatoms. The van der Waals surface area contributed by atoms with E-state index in [4.69, 9.17) is 27.9 Å². The molecule has 104 valence electrons. The number of halogens is 2. The number of ketones is 1. The fourth-order valence-electron chi connectivity index (χ4n) is 2.72. The van der Waals surface area contributed by atoms with Crippen molar-refractivity contribution >= 4 is 29.0 Å². The van der Waals surface area contributed by atoms with Gasteiger partial charge in [-0.25, -0.2) is 0 Å². The Kier molecular flexibility index (Phi) is 4.75. The predicted molar refractivity (Wildman–Crippen MR) is 78.5 cm³/mol. The van der Waals surface area contributed by atoms with Crippen molar-refractivity contribution in [2.45, 2.75) is 33.1 Å². The van der Waals surface area contributed by atoms with E-state index in [1.807, 2.05) is 6.92 Å². The second kappa shape index (κ2) is 6.15. The van der Waals surface area contributed by atoms with E-state index in [9.17, 15) is 4.79 Å². The van der Waals surface area contributed by atoms with Gasteiger partial charge in [0.15, 0.2) is 5.78 Å². The molecule has 0 bridgehead atoms. The molecule has 2 unspecified atom stereocenters. The van der Waals surface area contributed by atoms with Crippen molar-refractivity contribution in [3.8, 4) is 5.75 Å². The van der Waals surface area contributed by atoms with Crippen LogP contribution in [0.25, 0.3) is 0 Å². The van der Waals surface area contributed by atoms with Crippen LogP contribution < -0.4 is 4.74 Å². The van der Waals surface area contributed by atoms with Crippen molar-refractivity contribution in [1.29, 1.82) is 0 Å². The maximum absolute atomic E-state index is 12.5. The SMILES string of the molecule is CCOc1cc(Cl)c(C(=O)C2CCCC2C)cc1Cl. The van der Waals surface area contributed by atoms with E-state index in [0.29, 0.717) is 33.9 Å². The average Bonchev–Trinajstić information content (AvgIpc) is 2.79. The fraction of sp³-hybridized carbons (Fsp3) is 0.533. The van der Waals surface area contributed by atoms with E-state index in [1.54, 1.807) is 12.1 Å². The molecule has 1 aromatic rings. The van der Waals surface area contributed by atoms with Crippen LogP contribution in [0.4, 0.5) is 0 Å². The van der Waals surface area contributed by atoms with Crippen molar-refractivity contribution in [3.63, 3.8) is 0 Å². The van der Waals surface area contributed by atoms with Gasteiger partial charge >= 0.3 is 0 Å². The summed E-state index contributed by atoms with van der Waals surface area (Å²) in [6.45, 7) is 4.52. The highest BCUT2D eigenvalue weighted by Gasteiger charge is 2.31. The van der Waals surface area contributed by atoms with E-state index >= 15 is 0 Å². The minimum atomic E-state index is 0.0755. The van der Waals surface area contributed by atoms with Crippen LogP contribution in [-0.4, -0.2) is 12.4 Å². The summed E-state index contributed by atoms with van der Waals surface area (Å²) in [6.07, 6.45) is 3.17. The monoisotopic (exact) mass is 300 g/mol. The molecule has 0 aromatic heterocycles. The molecule has 2 nitrogen and oxygen atoms in total. The molecule has 1 aliphatic rings. The topological polar surface area (TPSA) is 26.3 Å². The minimum Gasteiger partial charge on any atom is -0.492 e. The van der Waals surface area contributed by atoms with Crippen LogP contribution in [0, 0.1) is 11.8 Å². The molecule has 0 spiro atoms. The van der Waals surface area contributed by atoms with E-state index in [0.717, 1.165) is 19.3 Å². The van der Waals surface area contributed by atoms with Gasteiger partial charge in [-0.2, -0.15) is 0 Å². The zero-order valence-corrected chi connectivity index (χ0v) is 12.7. The lowest BCUT2D eigenvalue weighted by Gasteiger charge is -2.16. The van der Waals surface area contributed by atoms with Crippen molar-refractivity contribution in [1.82, 2.24) is 0 Å². The van der Waals surface area contributed by atoms with Crippen molar-refractivity contribution < 1.29 is 9.53 Å². The molecule has 0 heterocycles. The van der Waals surface area contributed by atoms with Gasteiger partial charge in [-0.05, 0) is 31.7 Å². The van der Waals surface area contributed by atoms with Crippen LogP contribution in [-0.2, 0) is 0 Å². The highest BCUT2D eigenvalue weighted by Crippen LogP contribution is 2.37. The lowest BCUT2D eigenvalue weighted by molar-refractivity contribution is 0.0897. The second-order valence-corrected chi connectivity index (χ2v) is 5.89. The molecule has 0 radical (unpaired) electrons.